The number of hydrogen-bond acceptors (Lipinski definition) is 3. The molecule has 1 unspecified atom stereocenters. The minimum absolute atomic E-state index is 0.320. The summed E-state index contributed by atoms with van der Waals surface area (Å²) < 4.78 is 11.3. The van der Waals surface area contributed by atoms with Crippen LogP contribution in [0.25, 0.3) is 0 Å². The van der Waals surface area contributed by atoms with E-state index in [0.29, 0.717) is 11.5 Å². The lowest BCUT2D eigenvalue weighted by atomic mass is 9.76. The molecule has 21 heavy (non-hydrogen) atoms. The largest absolute Gasteiger partial charge is 0.490 e. The molecule has 0 saturated carbocycles. The zero-order chi connectivity index (χ0) is 15.1. The molecule has 1 N–H and O–H groups in total. The van der Waals surface area contributed by atoms with Crippen molar-refractivity contribution in [2.45, 2.75) is 45.6 Å². The summed E-state index contributed by atoms with van der Waals surface area (Å²) in [5.74, 6) is 1.08. The molecule has 0 radical (unpaired) electrons. The summed E-state index contributed by atoms with van der Waals surface area (Å²) in [4.78, 5) is 0. The van der Waals surface area contributed by atoms with Crippen LogP contribution < -0.4 is 10.1 Å². The second kappa shape index (κ2) is 7.81. The Morgan fingerprint density at radius 2 is 2.05 bits per heavy atom. The number of hydrogen-bond donors (Lipinski definition) is 1. The molecule has 2 rings (SSSR count). The SMILES string of the molecule is CCC(CC)(CNCCOC)CC1Cc2ccccc2O1. The van der Waals surface area contributed by atoms with Crippen molar-refractivity contribution in [3.8, 4) is 5.75 Å². The van der Waals surface area contributed by atoms with E-state index in [9.17, 15) is 0 Å². The van der Waals surface area contributed by atoms with Gasteiger partial charge in [-0.05, 0) is 36.3 Å². The highest BCUT2D eigenvalue weighted by atomic mass is 16.5. The van der Waals surface area contributed by atoms with E-state index in [4.69, 9.17) is 9.47 Å². The fourth-order valence-corrected chi connectivity index (χ4v) is 3.24. The minimum atomic E-state index is 0.320. The van der Waals surface area contributed by atoms with E-state index in [1.54, 1.807) is 7.11 Å². The summed E-state index contributed by atoms with van der Waals surface area (Å²) in [6, 6.07) is 8.43. The number of benzene rings is 1. The predicted molar refractivity (Wildman–Crippen MR) is 86.9 cm³/mol. The first-order chi connectivity index (χ1) is 10.2. The minimum Gasteiger partial charge on any atom is -0.490 e. The molecule has 1 aliphatic heterocycles. The molecule has 0 fully saturated rings. The molecule has 1 aliphatic rings. The smallest absolute Gasteiger partial charge is 0.123 e. The van der Waals surface area contributed by atoms with Crippen molar-refractivity contribution in [3.05, 3.63) is 29.8 Å². The third kappa shape index (κ3) is 4.21. The van der Waals surface area contributed by atoms with Gasteiger partial charge in [-0.15, -0.1) is 0 Å². The van der Waals surface area contributed by atoms with Crippen molar-refractivity contribution in [3.63, 3.8) is 0 Å². The second-order valence-corrected chi connectivity index (χ2v) is 6.13. The zero-order valence-corrected chi connectivity index (χ0v) is 13.7. The molecule has 0 amide bonds. The van der Waals surface area contributed by atoms with E-state index in [1.165, 1.54) is 18.4 Å². The highest BCUT2D eigenvalue weighted by Gasteiger charge is 2.33. The Labute approximate surface area is 129 Å². The average molecular weight is 291 g/mol. The molecule has 1 aromatic carbocycles. The maximum atomic E-state index is 6.14. The quantitative estimate of drug-likeness (QED) is 0.707. The van der Waals surface area contributed by atoms with Crippen molar-refractivity contribution in [1.82, 2.24) is 5.32 Å². The van der Waals surface area contributed by atoms with Gasteiger partial charge in [-0.25, -0.2) is 0 Å². The predicted octanol–water partition coefficient (Wildman–Crippen LogP) is 3.42. The summed E-state index contributed by atoms with van der Waals surface area (Å²) in [6.07, 6.45) is 4.86. The third-order valence-electron chi connectivity index (χ3n) is 4.86. The number of ether oxygens (including phenoxy) is 2. The van der Waals surface area contributed by atoms with Crippen LogP contribution in [0.3, 0.4) is 0 Å². The van der Waals surface area contributed by atoms with E-state index >= 15 is 0 Å². The van der Waals surface area contributed by atoms with Crippen molar-refractivity contribution in [2.24, 2.45) is 5.41 Å². The Bertz CT molecular complexity index is 404. The number of methoxy groups -OCH3 is 1. The first-order valence-electron chi connectivity index (χ1n) is 8.17. The van der Waals surface area contributed by atoms with Gasteiger partial charge in [0.05, 0.1) is 6.61 Å². The molecule has 0 saturated heterocycles. The first kappa shape index (κ1) is 16.3. The number of para-hydroxylation sites is 1. The molecular weight excluding hydrogens is 262 g/mol. The van der Waals surface area contributed by atoms with Crippen LogP contribution in [0.4, 0.5) is 0 Å². The second-order valence-electron chi connectivity index (χ2n) is 6.13. The molecule has 1 heterocycles. The van der Waals surface area contributed by atoms with Gasteiger partial charge in [0.2, 0.25) is 0 Å². The van der Waals surface area contributed by atoms with Gasteiger partial charge in [-0.2, -0.15) is 0 Å². The molecule has 118 valence electrons. The molecule has 0 bridgehead atoms. The van der Waals surface area contributed by atoms with E-state index < -0.39 is 0 Å². The van der Waals surface area contributed by atoms with Crippen LogP contribution in [-0.4, -0.2) is 32.9 Å². The highest BCUT2D eigenvalue weighted by molar-refractivity contribution is 5.37. The molecule has 0 spiro atoms. The highest BCUT2D eigenvalue weighted by Crippen LogP contribution is 2.37. The first-order valence-corrected chi connectivity index (χ1v) is 8.17. The number of rotatable bonds is 9. The molecular formula is C18H29NO2. The zero-order valence-electron chi connectivity index (χ0n) is 13.7. The van der Waals surface area contributed by atoms with Crippen LogP contribution in [0.2, 0.25) is 0 Å². The van der Waals surface area contributed by atoms with Gasteiger partial charge < -0.3 is 14.8 Å². The third-order valence-corrected chi connectivity index (χ3v) is 4.86. The van der Waals surface area contributed by atoms with E-state index in [0.717, 1.165) is 38.3 Å². The monoisotopic (exact) mass is 291 g/mol. The van der Waals surface area contributed by atoms with E-state index in [2.05, 4.69) is 43.4 Å². The van der Waals surface area contributed by atoms with Crippen LogP contribution in [0.1, 0.15) is 38.7 Å². The Morgan fingerprint density at radius 1 is 1.29 bits per heavy atom. The van der Waals surface area contributed by atoms with E-state index in [-0.39, 0.29) is 0 Å². The number of nitrogens with one attached hydrogen (secondary N) is 1. The van der Waals surface area contributed by atoms with Crippen LogP contribution in [0, 0.1) is 5.41 Å². The van der Waals surface area contributed by atoms with Gasteiger partial charge in [0.15, 0.2) is 0 Å². The van der Waals surface area contributed by atoms with Gasteiger partial charge in [0.1, 0.15) is 11.9 Å². The van der Waals surface area contributed by atoms with Crippen molar-refractivity contribution in [2.75, 3.05) is 26.8 Å². The normalized spacial score (nSPS) is 17.6. The topological polar surface area (TPSA) is 30.5 Å². The summed E-state index contributed by atoms with van der Waals surface area (Å²) in [5.41, 5.74) is 1.68. The Kier molecular flexibility index (Phi) is 6.07. The van der Waals surface area contributed by atoms with Crippen LogP contribution in [0.5, 0.6) is 5.75 Å². The molecule has 3 nitrogen and oxygen atoms in total. The van der Waals surface area contributed by atoms with Crippen molar-refractivity contribution in [1.29, 1.82) is 0 Å². The van der Waals surface area contributed by atoms with Gasteiger partial charge >= 0.3 is 0 Å². The summed E-state index contributed by atoms with van der Waals surface area (Å²) in [5, 5.41) is 3.54. The lowest BCUT2D eigenvalue weighted by Crippen LogP contribution is -2.38. The summed E-state index contributed by atoms with van der Waals surface area (Å²) in [7, 11) is 1.75. The summed E-state index contributed by atoms with van der Waals surface area (Å²) in [6.45, 7) is 7.33. The molecule has 1 aromatic rings. The fourth-order valence-electron chi connectivity index (χ4n) is 3.24. The molecule has 1 atom stereocenters. The van der Waals surface area contributed by atoms with E-state index in [1.807, 2.05) is 0 Å². The number of fused-ring (bicyclic) bond motifs is 1. The Hall–Kier alpha value is -1.06. The molecule has 0 aromatic heterocycles. The van der Waals surface area contributed by atoms with Gasteiger partial charge in [0, 0.05) is 26.6 Å². The maximum Gasteiger partial charge on any atom is 0.123 e. The standard InChI is InChI=1S/C18H29NO2/c1-4-18(5-2,14-19-10-11-20-3)13-16-12-15-8-6-7-9-17(15)21-16/h6-9,16,19H,4-5,10-14H2,1-3H3. The lowest BCUT2D eigenvalue weighted by Gasteiger charge is -2.34. The average Bonchev–Trinajstić information content (AvgIpc) is 2.92. The fraction of sp³-hybridized carbons (Fsp3) is 0.667. The van der Waals surface area contributed by atoms with Gasteiger partial charge in [-0.3, -0.25) is 0 Å². The molecule has 0 aliphatic carbocycles. The lowest BCUT2D eigenvalue weighted by molar-refractivity contribution is 0.118. The summed E-state index contributed by atoms with van der Waals surface area (Å²) >= 11 is 0. The van der Waals surface area contributed by atoms with Crippen LogP contribution in [0.15, 0.2) is 24.3 Å². The van der Waals surface area contributed by atoms with Crippen LogP contribution in [-0.2, 0) is 11.2 Å². The van der Waals surface area contributed by atoms with Crippen LogP contribution >= 0.6 is 0 Å². The van der Waals surface area contributed by atoms with Gasteiger partial charge in [-0.1, -0.05) is 32.0 Å². The molecule has 3 heteroatoms. The Morgan fingerprint density at radius 3 is 2.71 bits per heavy atom. The van der Waals surface area contributed by atoms with Crippen molar-refractivity contribution >= 4 is 0 Å². The maximum absolute atomic E-state index is 6.14. The van der Waals surface area contributed by atoms with Gasteiger partial charge in [0.25, 0.3) is 0 Å². The van der Waals surface area contributed by atoms with Crippen molar-refractivity contribution < 1.29 is 9.47 Å². The Balaban J connectivity index is 1.91.